The Kier molecular flexibility index (Phi) is 6.59. The molecule has 1 aliphatic rings. The Morgan fingerprint density at radius 1 is 1.22 bits per heavy atom. The summed E-state index contributed by atoms with van der Waals surface area (Å²) in [5.74, 6) is 0.929. The lowest BCUT2D eigenvalue weighted by atomic mass is 10.2. The zero-order valence-electron chi connectivity index (χ0n) is 16.4. The topological polar surface area (TPSA) is 85.8 Å². The summed E-state index contributed by atoms with van der Waals surface area (Å²) in [4.78, 5) is 25.0. The van der Waals surface area contributed by atoms with Crippen molar-refractivity contribution >= 4 is 57.6 Å². The average molecular weight is 487 g/mol. The highest BCUT2D eigenvalue weighted by atomic mass is 35.5. The number of halogens is 1. The molecule has 4 rings (SSSR count). The van der Waals surface area contributed by atoms with Crippen molar-refractivity contribution in [1.29, 1.82) is 0 Å². The van der Waals surface area contributed by atoms with Gasteiger partial charge in [-0.3, -0.25) is 19.8 Å². The fourth-order valence-electron chi connectivity index (χ4n) is 2.94. The van der Waals surface area contributed by atoms with Crippen LogP contribution in [0.2, 0.25) is 5.02 Å². The number of nitro benzene ring substituents is 1. The highest BCUT2D eigenvalue weighted by Gasteiger charge is 2.32. The summed E-state index contributed by atoms with van der Waals surface area (Å²) in [5.41, 5.74) is 1.53. The summed E-state index contributed by atoms with van der Waals surface area (Å²) < 4.78 is 11.5. The van der Waals surface area contributed by atoms with Crippen LogP contribution in [0.5, 0.6) is 5.75 Å². The van der Waals surface area contributed by atoms with Crippen LogP contribution in [0.25, 0.3) is 6.08 Å². The van der Waals surface area contributed by atoms with Crippen LogP contribution < -0.4 is 4.74 Å². The van der Waals surface area contributed by atoms with Crippen molar-refractivity contribution in [2.24, 2.45) is 0 Å². The van der Waals surface area contributed by atoms with Crippen LogP contribution in [0.3, 0.4) is 0 Å². The molecule has 0 radical (unpaired) electrons. The molecular weight excluding hydrogens is 472 g/mol. The second kappa shape index (κ2) is 9.56. The molecule has 0 aliphatic carbocycles. The Labute approximate surface area is 197 Å². The van der Waals surface area contributed by atoms with Crippen molar-refractivity contribution in [2.75, 3.05) is 0 Å². The second-order valence-electron chi connectivity index (χ2n) is 6.75. The Morgan fingerprint density at radius 3 is 2.66 bits per heavy atom. The van der Waals surface area contributed by atoms with E-state index in [1.54, 1.807) is 54.8 Å². The number of benzene rings is 2. The van der Waals surface area contributed by atoms with Crippen LogP contribution in [0.4, 0.5) is 5.69 Å². The number of carbonyl (C=O) groups excluding carboxylic acids is 1. The summed E-state index contributed by atoms with van der Waals surface area (Å²) in [6, 6.07) is 14.9. The number of thioether (sulfide) groups is 1. The van der Waals surface area contributed by atoms with Crippen molar-refractivity contribution in [3.63, 3.8) is 0 Å². The van der Waals surface area contributed by atoms with E-state index >= 15 is 0 Å². The number of ether oxygens (including phenoxy) is 1. The molecule has 2 aromatic carbocycles. The minimum absolute atomic E-state index is 0.0192. The first kappa shape index (κ1) is 22.1. The molecule has 0 spiro atoms. The van der Waals surface area contributed by atoms with E-state index in [2.05, 4.69) is 0 Å². The van der Waals surface area contributed by atoms with Crippen LogP contribution in [0.1, 0.15) is 16.9 Å². The van der Waals surface area contributed by atoms with Gasteiger partial charge in [-0.2, -0.15) is 0 Å². The SMILES string of the molecule is O=C1C(=Cc2ccc(OCc3ccc([N+](=O)[O-])cc3)c(Cl)c2)SC(=S)N1Cc1ccco1. The molecule has 1 amide bonds. The van der Waals surface area contributed by atoms with E-state index in [1.807, 2.05) is 0 Å². The summed E-state index contributed by atoms with van der Waals surface area (Å²) in [7, 11) is 0. The van der Waals surface area contributed by atoms with Crippen LogP contribution in [-0.4, -0.2) is 20.1 Å². The van der Waals surface area contributed by atoms with Crippen LogP contribution >= 0.6 is 35.6 Å². The lowest BCUT2D eigenvalue weighted by Crippen LogP contribution is -2.27. The number of nitro groups is 1. The quantitative estimate of drug-likeness (QED) is 0.180. The molecule has 32 heavy (non-hydrogen) atoms. The van der Waals surface area contributed by atoms with Gasteiger partial charge in [0.1, 0.15) is 22.4 Å². The van der Waals surface area contributed by atoms with Gasteiger partial charge in [0.05, 0.1) is 27.7 Å². The molecule has 1 aliphatic heterocycles. The molecule has 0 bridgehead atoms. The molecule has 0 unspecified atom stereocenters. The molecule has 162 valence electrons. The molecule has 1 saturated heterocycles. The predicted octanol–water partition coefficient (Wildman–Crippen LogP) is 5.82. The third-order valence-electron chi connectivity index (χ3n) is 4.56. The molecule has 0 saturated carbocycles. The third-order valence-corrected chi connectivity index (χ3v) is 6.24. The van der Waals surface area contributed by atoms with Crippen molar-refractivity contribution < 1.29 is 18.9 Å². The van der Waals surface area contributed by atoms with Gasteiger partial charge in [-0.05, 0) is 53.6 Å². The fraction of sp³-hybridized carbons (Fsp3) is 0.0909. The van der Waals surface area contributed by atoms with Gasteiger partial charge in [-0.15, -0.1) is 0 Å². The van der Waals surface area contributed by atoms with Gasteiger partial charge in [-0.25, -0.2) is 0 Å². The number of amides is 1. The average Bonchev–Trinajstić information content (AvgIpc) is 3.38. The number of rotatable bonds is 7. The molecule has 2 heterocycles. The Hall–Kier alpha value is -3.14. The van der Waals surface area contributed by atoms with Crippen LogP contribution in [0.15, 0.2) is 70.2 Å². The highest BCUT2D eigenvalue weighted by molar-refractivity contribution is 8.26. The summed E-state index contributed by atoms with van der Waals surface area (Å²) >= 11 is 12.9. The first-order valence-corrected chi connectivity index (χ1v) is 10.9. The van der Waals surface area contributed by atoms with Gasteiger partial charge in [-0.1, -0.05) is 41.6 Å². The van der Waals surface area contributed by atoms with Gasteiger partial charge in [0.15, 0.2) is 0 Å². The number of carbonyl (C=O) groups is 1. The molecule has 0 atom stereocenters. The molecular formula is C22H15ClN2O5S2. The molecule has 10 heteroatoms. The van der Waals surface area contributed by atoms with E-state index in [0.29, 0.717) is 25.8 Å². The maximum absolute atomic E-state index is 12.7. The third kappa shape index (κ3) is 5.01. The van der Waals surface area contributed by atoms with Gasteiger partial charge < -0.3 is 9.15 Å². The van der Waals surface area contributed by atoms with Crippen molar-refractivity contribution in [3.05, 3.63) is 97.8 Å². The van der Waals surface area contributed by atoms with Crippen molar-refractivity contribution in [1.82, 2.24) is 4.90 Å². The number of hydrogen-bond acceptors (Lipinski definition) is 7. The molecule has 3 aromatic rings. The minimum atomic E-state index is -0.453. The van der Waals surface area contributed by atoms with E-state index in [-0.39, 0.29) is 24.7 Å². The predicted molar refractivity (Wildman–Crippen MR) is 126 cm³/mol. The molecule has 1 fully saturated rings. The smallest absolute Gasteiger partial charge is 0.269 e. The Morgan fingerprint density at radius 2 is 2.00 bits per heavy atom. The first-order chi connectivity index (χ1) is 15.4. The van der Waals surface area contributed by atoms with E-state index in [0.717, 1.165) is 11.1 Å². The summed E-state index contributed by atoms with van der Waals surface area (Å²) in [6.07, 6.45) is 3.28. The molecule has 0 N–H and O–H groups in total. The zero-order valence-corrected chi connectivity index (χ0v) is 18.8. The normalized spacial score (nSPS) is 14.9. The van der Waals surface area contributed by atoms with E-state index in [4.69, 9.17) is 33.0 Å². The number of non-ortho nitro benzene ring substituents is 1. The Bertz CT molecular complexity index is 1210. The number of furan rings is 1. The van der Waals surface area contributed by atoms with E-state index in [1.165, 1.54) is 28.8 Å². The largest absolute Gasteiger partial charge is 0.487 e. The summed E-state index contributed by atoms with van der Waals surface area (Å²) in [6.45, 7) is 0.494. The molecule has 1 aromatic heterocycles. The maximum Gasteiger partial charge on any atom is 0.269 e. The van der Waals surface area contributed by atoms with E-state index < -0.39 is 4.92 Å². The van der Waals surface area contributed by atoms with Crippen molar-refractivity contribution in [2.45, 2.75) is 13.2 Å². The van der Waals surface area contributed by atoms with Gasteiger partial charge in [0.2, 0.25) is 0 Å². The van der Waals surface area contributed by atoms with Crippen molar-refractivity contribution in [3.8, 4) is 5.75 Å². The van der Waals surface area contributed by atoms with Crippen LogP contribution in [0, 0.1) is 10.1 Å². The lowest BCUT2D eigenvalue weighted by molar-refractivity contribution is -0.384. The first-order valence-electron chi connectivity index (χ1n) is 9.34. The summed E-state index contributed by atoms with van der Waals surface area (Å²) in [5, 5.41) is 11.1. The second-order valence-corrected chi connectivity index (χ2v) is 8.83. The highest BCUT2D eigenvalue weighted by Crippen LogP contribution is 2.35. The fourth-order valence-corrected chi connectivity index (χ4v) is 4.44. The van der Waals surface area contributed by atoms with Crippen LogP contribution in [-0.2, 0) is 17.9 Å². The standard InChI is InChI=1S/C22H15ClN2O5S2/c23-18-10-15(5-8-19(18)30-13-14-3-6-16(7-4-14)25(27)28)11-20-21(26)24(22(31)32-20)12-17-2-1-9-29-17/h1-11H,12-13H2. The van der Waals surface area contributed by atoms with E-state index in [9.17, 15) is 14.9 Å². The zero-order chi connectivity index (χ0) is 22.7. The van der Waals surface area contributed by atoms with Gasteiger partial charge >= 0.3 is 0 Å². The monoisotopic (exact) mass is 486 g/mol. The maximum atomic E-state index is 12.7. The minimum Gasteiger partial charge on any atom is -0.487 e. The number of thiocarbonyl (C=S) groups is 1. The van der Waals surface area contributed by atoms with Gasteiger partial charge in [0.25, 0.3) is 11.6 Å². The number of nitrogens with zero attached hydrogens (tertiary/aromatic N) is 2. The van der Waals surface area contributed by atoms with Gasteiger partial charge in [0, 0.05) is 12.1 Å². The number of hydrogen-bond donors (Lipinski definition) is 0. The Balaban J connectivity index is 1.42. The molecule has 7 nitrogen and oxygen atoms in total. The lowest BCUT2D eigenvalue weighted by Gasteiger charge is -2.12.